The van der Waals surface area contributed by atoms with E-state index in [2.05, 4.69) is 56.5 Å². The first-order valence-electron chi connectivity index (χ1n) is 14.9. The van der Waals surface area contributed by atoms with E-state index in [1.54, 1.807) is 34.0 Å². The minimum absolute atomic E-state index is 0.131. The van der Waals surface area contributed by atoms with Crippen LogP contribution in [0.2, 0.25) is 0 Å². The second-order valence-corrected chi connectivity index (χ2v) is 11.0. The first kappa shape index (κ1) is 28.1. The van der Waals surface area contributed by atoms with Crippen LogP contribution in [-0.2, 0) is 6.54 Å². The fourth-order valence-corrected chi connectivity index (χ4v) is 5.64. The van der Waals surface area contributed by atoms with E-state index in [0.29, 0.717) is 28.3 Å². The molecule has 0 atom stereocenters. The van der Waals surface area contributed by atoms with Crippen LogP contribution in [0.5, 0.6) is 0 Å². The van der Waals surface area contributed by atoms with Gasteiger partial charge in [0.25, 0.3) is 5.56 Å². The molecule has 1 aliphatic rings. The third-order valence-electron chi connectivity index (χ3n) is 7.99. The lowest BCUT2D eigenvalue weighted by Gasteiger charge is -2.30. The van der Waals surface area contributed by atoms with Gasteiger partial charge in [-0.05, 0) is 61.4 Å². The van der Waals surface area contributed by atoms with E-state index >= 15 is 0 Å². The maximum Gasteiger partial charge on any atom is 0.268 e. The zero-order valence-electron chi connectivity index (χ0n) is 25.1. The number of aromatic nitrogens is 5. The molecular weight excluding hydrogens is 564 g/mol. The summed E-state index contributed by atoms with van der Waals surface area (Å²) in [6, 6.07) is 19.5. The highest BCUT2D eigenvalue weighted by atomic mass is 16.3. The highest BCUT2D eigenvalue weighted by Crippen LogP contribution is 2.26. The van der Waals surface area contributed by atoms with Crippen molar-refractivity contribution in [2.24, 2.45) is 0 Å². The fourth-order valence-electron chi connectivity index (χ4n) is 5.64. The van der Waals surface area contributed by atoms with Gasteiger partial charge in [-0.2, -0.15) is 10.1 Å². The number of fused-ring (bicyclic) bond motifs is 1. The SMILES string of the molecule is Cc1ccccc1C#Cc1cc2cnc(Nc3ccc(N4CCNCC4)c(C)c3)nc2n(Cc2occc2-n2cccn2)c1=O. The van der Waals surface area contributed by atoms with Gasteiger partial charge >= 0.3 is 0 Å². The van der Waals surface area contributed by atoms with Crippen molar-refractivity contribution in [2.45, 2.75) is 20.4 Å². The molecule has 0 aliphatic carbocycles. The molecule has 4 aromatic heterocycles. The maximum atomic E-state index is 14.0. The molecule has 0 amide bonds. The molecule has 7 rings (SSSR count). The van der Waals surface area contributed by atoms with E-state index in [-0.39, 0.29) is 12.1 Å². The number of anilines is 3. The Morgan fingerprint density at radius 1 is 0.956 bits per heavy atom. The van der Waals surface area contributed by atoms with Crippen molar-refractivity contribution in [3.8, 4) is 17.5 Å². The third-order valence-corrected chi connectivity index (χ3v) is 7.99. The molecule has 0 bridgehead atoms. The Hall–Kier alpha value is -5.66. The van der Waals surface area contributed by atoms with Crippen molar-refractivity contribution in [2.75, 3.05) is 36.4 Å². The summed E-state index contributed by atoms with van der Waals surface area (Å²) in [6.45, 7) is 8.16. The average Bonchev–Trinajstić information content (AvgIpc) is 3.75. The van der Waals surface area contributed by atoms with Crippen LogP contribution >= 0.6 is 0 Å². The van der Waals surface area contributed by atoms with Gasteiger partial charge in [0.05, 0.1) is 18.4 Å². The predicted molar refractivity (Wildman–Crippen MR) is 175 cm³/mol. The summed E-state index contributed by atoms with van der Waals surface area (Å²) in [7, 11) is 0. The van der Waals surface area contributed by atoms with E-state index in [1.807, 2.05) is 55.6 Å². The van der Waals surface area contributed by atoms with Crippen molar-refractivity contribution >= 4 is 28.4 Å². The summed E-state index contributed by atoms with van der Waals surface area (Å²) < 4.78 is 9.16. The molecule has 6 aromatic rings. The number of nitrogens with one attached hydrogen (secondary N) is 2. The van der Waals surface area contributed by atoms with Crippen molar-refractivity contribution in [1.29, 1.82) is 0 Å². The zero-order chi connectivity index (χ0) is 30.8. The molecule has 0 unspecified atom stereocenters. The smallest absolute Gasteiger partial charge is 0.268 e. The Labute approximate surface area is 260 Å². The predicted octanol–water partition coefficient (Wildman–Crippen LogP) is 4.79. The zero-order valence-corrected chi connectivity index (χ0v) is 25.1. The summed E-state index contributed by atoms with van der Waals surface area (Å²) in [5.74, 6) is 7.23. The van der Waals surface area contributed by atoms with Gasteiger partial charge in [-0.15, -0.1) is 0 Å². The molecule has 5 heterocycles. The largest absolute Gasteiger partial charge is 0.465 e. The summed E-state index contributed by atoms with van der Waals surface area (Å²) in [6.07, 6.45) is 6.84. The Kier molecular flexibility index (Phi) is 7.59. The molecule has 1 fully saturated rings. The van der Waals surface area contributed by atoms with E-state index in [1.165, 1.54) is 11.3 Å². The summed E-state index contributed by atoms with van der Waals surface area (Å²) in [4.78, 5) is 25.8. The fraction of sp³-hybridized carbons (Fsp3) is 0.200. The number of rotatable bonds is 6. The molecular formula is C35H32N8O2. The van der Waals surface area contributed by atoms with E-state index in [0.717, 1.165) is 48.7 Å². The van der Waals surface area contributed by atoms with Crippen LogP contribution in [0.1, 0.15) is 28.0 Å². The number of aryl methyl sites for hydroxylation is 2. The Morgan fingerprint density at radius 2 is 1.80 bits per heavy atom. The summed E-state index contributed by atoms with van der Waals surface area (Å²) >= 11 is 0. The van der Waals surface area contributed by atoms with Gasteiger partial charge in [-0.3, -0.25) is 9.36 Å². The number of hydrogen-bond donors (Lipinski definition) is 2. The van der Waals surface area contributed by atoms with Gasteiger partial charge in [0, 0.05) is 73.2 Å². The second-order valence-electron chi connectivity index (χ2n) is 11.0. The van der Waals surface area contributed by atoms with Crippen LogP contribution in [0.15, 0.2) is 94.7 Å². The molecule has 0 saturated carbocycles. The molecule has 10 nitrogen and oxygen atoms in total. The van der Waals surface area contributed by atoms with Crippen LogP contribution in [-0.4, -0.2) is 50.5 Å². The van der Waals surface area contributed by atoms with Crippen LogP contribution in [0, 0.1) is 25.7 Å². The molecule has 0 radical (unpaired) electrons. The van der Waals surface area contributed by atoms with Gasteiger partial charge in [-0.25, -0.2) is 9.67 Å². The van der Waals surface area contributed by atoms with Gasteiger partial charge < -0.3 is 20.0 Å². The lowest BCUT2D eigenvalue weighted by Crippen LogP contribution is -2.43. The quantitative estimate of drug-likeness (QED) is 0.265. The van der Waals surface area contributed by atoms with Crippen molar-refractivity contribution < 1.29 is 4.42 Å². The van der Waals surface area contributed by atoms with E-state index < -0.39 is 0 Å². The van der Waals surface area contributed by atoms with Crippen LogP contribution in [0.25, 0.3) is 16.7 Å². The molecule has 1 saturated heterocycles. The number of nitrogens with zero attached hydrogens (tertiary/aromatic N) is 6. The number of benzene rings is 2. The molecule has 0 spiro atoms. The molecule has 1 aliphatic heterocycles. The summed E-state index contributed by atoms with van der Waals surface area (Å²) in [5.41, 5.74) is 6.45. The minimum atomic E-state index is -0.271. The average molecular weight is 597 g/mol. The van der Waals surface area contributed by atoms with E-state index in [9.17, 15) is 4.79 Å². The third kappa shape index (κ3) is 5.81. The van der Waals surface area contributed by atoms with Gasteiger partial charge in [-0.1, -0.05) is 30.0 Å². The van der Waals surface area contributed by atoms with Crippen LogP contribution < -0.4 is 21.1 Å². The number of hydrogen-bond acceptors (Lipinski definition) is 8. The van der Waals surface area contributed by atoms with Crippen LogP contribution in [0.3, 0.4) is 0 Å². The number of furan rings is 1. The number of pyridine rings is 1. The molecule has 2 N–H and O–H groups in total. The highest BCUT2D eigenvalue weighted by Gasteiger charge is 2.17. The Morgan fingerprint density at radius 3 is 2.60 bits per heavy atom. The first-order chi connectivity index (χ1) is 22.0. The van der Waals surface area contributed by atoms with Crippen molar-refractivity contribution in [3.05, 3.63) is 124 Å². The topological polar surface area (TPSA) is 106 Å². The minimum Gasteiger partial charge on any atom is -0.465 e. The molecule has 45 heavy (non-hydrogen) atoms. The van der Waals surface area contributed by atoms with Crippen molar-refractivity contribution in [3.63, 3.8) is 0 Å². The normalized spacial score (nSPS) is 13.1. The van der Waals surface area contributed by atoms with Gasteiger partial charge in [0.15, 0.2) is 0 Å². The highest BCUT2D eigenvalue weighted by molar-refractivity contribution is 5.78. The maximum absolute atomic E-state index is 14.0. The van der Waals surface area contributed by atoms with E-state index in [4.69, 9.17) is 9.40 Å². The number of piperazine rings is 1. The lowest BCUT2D eigenvalue weighted by molar-refractivity contribution is 0.489. The monoisotopic (exact) mass is 596 g/mol. The summed E-state index contributed by atoms with van der Waals surface area (Å²) in [5, 5.41) is 11.8. The van der Waals surface area contributed by atoms with Gasteiger partial charge in [0.1, 0.15) is 17.1 Å². The van der Waals surface area contributed by atoms with Gasteiger partial charge in [0.2, 0.25) is 5.95 Å². The molecule has 10 heteroatoms. The lowest BCUT2D eigenvalue weighted by atomic mass is 10.1. The standard InChI is InChI=1S/C35H32N8O2/c1-24-6-3-4-7-26(24)8-9-27-21-28-22-37-35(39-29-10-11-30(25(2)20-29)41-17-14-36-15-18-41)40-33(28)42(34(27)44)23-32-31(12-19-45-32)43-16-5-13-38-43/h3-7,10-13,16,19-22,36H,14-15,17-18,23H2,1-2H3,(H,37,39,40). The first-order valence-corrected chi connectivity index (χ1v) is 14.9. The second kappa shape index (κ2) is 12.1. The Balaban J connectivity index is 1.28. The molecule has 2 aromatic carbocycles. The van der Waals surface area contributed by atoms with Crippen molar-refractivity contribution in [1.82, 2.24) is 29.6 Å². The van der Waals surface area contributed by atoms with Crippen LogP contribution in [0.4, 0.5) is 17.3 Å². The molecule has 224 valence electrons. The Bertz CT molecular complexity index is 2110.